The molecule has 0 amide bonds. The first-order chi connectivity index (χ1) is 15.5. The quantitative estimate of drug-likeness (QED) is 0.348. The van der Waals surface area contributed by atoms with Crippen LogP contribution in [0.4, 0.5) is 52.7 Å². The highest BCUT2D eigenvalue weighted by Crippen LogP contribution is 2.67. The van der Waals surface area contributed by atoms with Crippen LogP contribution in [0.25, 0.3) is 0 Å². The minimum Gasteiger partial charge on any atom is -0.203 e. The molecule has 0 radical (unpaired) electrons. The first kappa shape index (κ1) is 25.1. The number of rotatable bonds is 6. The van der Waals surface area contributed by atoms with Crippen LogP contribution in [0.1, 0.15) is 33.4 Å². The Kier molecular flexibility index (Phi) is 5.51. The van der Waals surface area contributed by atoms with E-state index in [4.69, 9.17) is 0 Å². The van der Waals surface area contributed by atoms with E-state index < -0.39 is 52.5 Å². The van der Waals surface area contributed by atoms with Gasteiger partial charge in [-0.15, -0.1) is 11.8 Å². The zero-order valence-electron chi connectivity index (χ0n) is 16.4. The third-order valence-electron chi connectivity index (χ3n) is 6.07. The second kappa shape index (κ2) is 7.47. The van der Waals surface area contributed by atoms with E-state index >= 15 is 8.78 Å². The number of hydrogen-bond donors (Lipinski definition) is 0. The summed E-state index contributed by atoms with van der Waals surface area (Å²) in [7, 11) is 0. The lowest BCUT2D eigenvalue weighted by atomic mass is 9.73. The van der Waals surface area contributed by atoms with Gasteiger partial charge in [-0.3, -0.25) is 0 Å². The van der Waals surface area contributed by atoms with Crippen LogP contribution in [0.15, 0.2) is 48.5 Å². The molecule has 0 aromatic heterocycles. The summed E-state index contributed by atoms with van der Waals surface area (Å²) in [4.78, 5) is 0. The van der Waals surface area contributed by atoms with Gasteiger partial charge in [0.25, 0.3) is 0 Å². The Morgan fingerprint density at radius 2 is 1.00 bits per heavy atom. The van der Waals surface area contributed by atoms with Crippen molar-refractivity contribution in [1.29, 1.82) is 0 Å². The second-order valence-electron chi connectivity index (χ2n) is 7.94. The summed E-state index contributed by atoms with van der Waals surface area (Å²) in [6.45, 7) is 0. The number of halogens is 12. The van der Waals surface area contributed by atoms with E-state index in [2.05, 4.69) is 0 Å². The molecular formula is C21H12F12S. The molecule has 1 unspecified atom stereocenters. The molecule has 0 spiro atoms. The Bertz CT molecular complexity index is 1050. The van der Waals surface area contributed by atoms with E-state index in [1.54, 1.807) is 0 Å². The third-order valence-corrected chi connectivity index (χ3v) is 7.71. The van der Waals surface area contributed by atoms with Crippen LogP contribution in [0.5, 0.6) is 0 Å². The Hall–Kier alpha value is -2.05. The van der Waals surface area contributed by atoms with Gasteiger partial charge >= 0.3 is 36.0 Å². The van der Waals surface area contributed by atoms with Gasteiger partial charge in [-0.1, -0.05) is 48.5 Å². The van der Waals surface area contributed by atoms with Crippen LogP contribution >= 0.6 is 11.8 Å². The summed E-state index contributed by atoms with van der Waals surface area (Å²) in [5.41, 5.74) is 0.928. The molecule has 1 aliphatic carbocycles. The fourth-order valence-electron chi connectivity index (χ4n) is 4.33. The second-order valence-corrected chi connectivity index (χ2v) is 9.19. The molecule has 13 heteroatoms. The van der Waals surface area contributed by atoms with Crippen LogP contribution in [0, 0.1) is 0 Å². The van der Waals surface area contributed by atoms with Crippen LogP contribution in [-0.2, 0) is 0 Å². The van der Waals surface area contributed by atoms with Crippen molar-refractivity contribution in [1.82, 2.24) is 0 Å². The zero-order valence-corrected chi connectivity index (χ0v) is 17.2. The Morgan fingerprint density at radius 3 is 1.41 bits per heavy atom. The van der Waals surface area contributed by atoms with Crippen molar-refractivity contribution in [3.8, 4) is 0 Å². The van der Waals surface area contributed by atoms with Crippen LogP contribution in [-0.4, -0.2) is 41.3 Å². The van der Waals surface area contributed by atoms with Gasteiger partial charge in [0, 0.05) is 5.92 Å². The van der Waals surface area contributed by atoms with Gasteiger partial charge in [0.05, 0.1) is 10.5 Å². The number of thioether (sulfide) groups is 1. The maximum Gasteiger partial charge on any atom is 0.384 e. The molecule has 1 atom stereocenters. The van der Waals surface area contributed by atoms with E-state index in [1.165, 1.54) is 48.5 Å². The number of hydrogen-bond acceptors (Lipinski definition) is 1. The fourth-order valence-corrected chi connectivity index (χ4v) is 6.11. The van der Waals surface area contributed by atoms with Gasteiger partial charge in [-0.25, -0.2) is 8.78 Å². The first-order valence-electron chi connectivity index (χ1n) is 9.52. The van der Waals surface area contributed by atoms with Gasteiger partial charge in [0.2, 0.25) is 0 Å². The normalized spacial score (nSPS) is 23.1. The maximum absolute atomic E-state index is 15.1. The number of benzene rings is 2. The maximum atomic E-state index is 15.1. The average Bonchev–Trinajstić information content (AvgIpc) is 2.78. The molecule has 0 N–H and O–H groups in total. The average molecular weight is 524 g/mol. The lowest BCUT2D eigenvalue weighted by molar-refractivity contribution is -0.412. The third kappa shape index (κ3) is 2.97. The van der Waals surface area contributed by atoms with E-state index in [0.29, 0.717) is 11.1 Å². The largest absolute Gasteiger partial charge is 0.384 e. The van der Waals surface area contributed by atoms with E-state index in [-0.39, 0.29) is 22.9 Å². The van der Waals surface area contributed by atoms with Crippen molar-refractivity contribution in [3.05, 3.63) is 70.8 Å². The summed E-state index contributed by atoms with van der Waals surface area (Å²) in [5, 5.41) is -3.86. The monoisotopic (exact) mass is 524 g/mol. The Labute approximate surface area is 188 Å². The minimum atomic E-state index is -7.53. The molecule has 0 saturated heterocycles. The molecule has 34 heavy (non-hydrogen) atoms. The topological polar surface area (TPSA) is 0 Å². The predicted octanol–water partition coefficient (Wildman–Crippen LogP) is 7.78. The summed E-state index contributed by atoms with van der Waals surface area (Å²) in [6.07, 6.45) is -5.52. The molecule has 2 heterocycles. The highest BCUT2D eigenvalue weighted by atomic mass is 32.2. The lowest BCUT2D eigenvalue weighted by Crippen LogP contribution is -2.70. The molecule has 5 rings (SSSR count). The number of alkyl halides is 12. The highest BCUT2D eigenvalue weighted by Gasteiger charge is 2.89. The first-order valence-corrected chi connectivity index (χ1v) is 10.5. The molecule has 186 valence electrons. The van der Waals surface area contributed by atoms with Gasteiger partial charge in [-0.2, -0.15) is 43.9 Å². The summed E-state index contributed by atoms with van der Waals surface area (Å²) in [5.74, 6) is -36.9. The predicted molar refractivity (Wildman–Crippen MR) is 98.7 cm³/mol. The molecule has 0 nitrogen and oxygen atoms in total. The van der Waals surface area contributed by atoms with E-state index in [0.717, 1.165) is 0 Å². The van der Waals surface area contributed by atoms with Gasteiger partial charge in [-0.05, 0) is 22.3 Å². The van der Waals surface area contributed by atoms with Crippen molar-refractivity contribution in [2.24, 2.45) is 0 Å². The number of fused-ring (bicyclic) bond motifs is 1. The molecule has 0 fully saturated rings. The zero-order chi connectivity index (χ0) is 25.5. The Balaban J connectivity index is 1.84. The van der Waals surface area contributed by atoms with Crippen LogP contribution in [0.2, 0.25) is 0 Å². The van der Waals surface area contributed by atoms with Crippen molar-refractivity contribution in [2.45, 2.75) is 52.5 Å². The van der Waals surface area contributed by atoms with Crippen molar-refractivity contribution >= 4 is 11.8 Å². The van der Waals surface area contributed by atoms with Crippen LogP contribution < -0.4 is 0 Å². The van der Waals surface area contributed by atoms with Crippen molar-refractivity contribution in [3.63, 3.8) is 0 Å². The lowest BCUT2D eigenvalue weighted by Gasteiger charge is -2.49. The Morgan fingerprint density at radius 1 is 0.588 bits per heavy atom. The molecule has 0 saturated carbocycles. The van der Waals surface area contributed by atoms with E-state index in [9.17, 15) is 43.9 Å². The molecule has 2 aliphatic heterocycles. The van der Waals surface area contributed by atoms with Crippen molar-refractivity contribution in [2.75, 3.05) is 0 Å². The fraction of sp³-hybridized carbons (Fsp3) is 0.429. The van der Waals surface area contributed by atoms with Gasteiger partial charge in [0.15, 0.2) is 0 Å². The van der Waals surface area contributed by atoms with Gasteiger partial charge in [0.1, 0.15) is 0 Å². The summed E-state index contributed by atoms with van der Waals surface area (Å²) < 4.78 is 166. The molecule has 3 aliphatic rings. The van der Waals surface area contributed by atoms with Crippen LogP contribution in [0.3, 0.4) is 0 Å². The summed E-state index contributed by atoms with van der Waals surface area (Å²) >= 11 is 0.0971. The molecular weight excluding hydrogens is 512 g/mol. The summed E-state index contributed by atoms with van der Waals surface area (Å²) in [6, 6.07) is 11.3. The molecule has 2 aromatic rings. The van der Waals surface area contributed by atoms with E-state index in [1.807, 2.05) is 0 Å². The van der Waals surface area contributed by atoms with Gasteiger partial charge < -0.3 is 0 Å². The molecule has 2 bridgehead atoms. The smallest absolute Gasteiger partial charge is 0.203 e. The standard InChI is InChI=1S/C21H12F12S/c22-16(23)18(26,27)20(30,31)21(32,33)19(28,29)17(24,25)15-13-9-5-1-3-7-11(9)14(34-15)12-8-4-2-6-10(12)13/h1-8,13-16H. The SMILES string of the molecule is FC(F)C(F)(F)C(F)(F)C(F)(F)C(F)(F)C(F)(F)C1SC2c3ccccc3C1c1ccccc12. The minimum absolute atomic E-state index is 0.0541. The van der Waals surface area contributed by atoms with Crippen molar-refractivity contribution < 1.29 is 52.7 Å². The molecule has 2 aromatic carbocycles. The highest BCUT2D eigenvalue weighted by molar-refractivity contribution is 8.00.